The van der Waals surface area contributed by atoms with Gasteiger partial charge in [0, 0.05) is 18.7 Å². The van der Waals surface area contributed by atoms with Gasteiger partial charge in [0.15, 0.2) is 0 Å². The molecule has 4 heteroatoms. The quantitative estimate of drug-likeness (QED) is 0.645. The van der Waals surface area contributed by atoms with Crippen molar-refractivity contribution < 1.29 is 8.78 Å². The number of rotatable bonds is 6. The van der Waals surface area contributed by atoms with Gasteiger partial charge in [-0.2, -0.15) is 0 Å². The number of alkyl halides is 2. The predicted molar refractivity (Wildman–Crippen MR) is 107 cm³/mol. The van der Waals surface area contributed by atoms with Crippen molar-refractivity contribution in [1.29, 1.82) is 0 Å². The predicted octanol–water partition coefficient (Wildman–Crippen LogP) is 6.30. The Kier molecular flexibility index (Phi) is 5.64. The molecule has 1 aromatic carbocycles. The van der Waals surface area contributed by atoms with Gasteiger partial charge in [-0.3, -0.25) is 4.98 Å². The van der Waals surface area contributed by atoms with Crippen molar-refractivity contribution in [1.82, 2.24) is 10.3 Å². The average Bonchev–Trinajstić information content (AvgIpc) is 3.13. The minimum atomic E-state index is -2.90. The molecule has 3 rings (SSSR count). The number of aryl methyl sites for hydroxylation is 1. The van der Waals surface area contributed by atoms with Crippen LogP contribution in [0, 0.1) is 19.8 Å². The topological polar surface area (TPSA) is 24.9 Å². The summed E-state index contributed by atoms with van der Waals surface area (Å²) in [6, 6.07) is 9.99. The zero-order valence-electron chi connectivity index (χ0n) is 16.4. The van der Waals surface area contributed by atoms with Crippen LogP contribution in [0.25, 0.3) is 5.70 Å². The summed E-state index contributed by atoms with van der Waals surface area (Å²) in [6.07, 6.45) is 6.24. The van der Waals surface area contributed by atoms with Crippen LogP contribution in [0.4, 0.5) is 8.78 Å². The average molecular weight is 370 g/mol. The van der Waals surface area contributed by atoms with Crippen molar-refractivity contribution in [2.75, 3.05) is 0 Å². The molecule has 0 amide bonds. The van der Waals surface area contributed by atoms with E-state index in [0.29, 0.717) is 22.9 Å². The van der Waals surface area contributed by atoms with E-state index in [-0.39, 0.29) is 11.6 Å². The first-order valence-electron chi connectivity index (χ1n) is 9.63. The molecule has 1 saturated carbocycles. The van der Waals surface area contributed by atoms with Crippen molar-refractivity contribution in [3.63, 3.8) is 0 Å². The van der Waals surface area contributed by atoms with E-state index in [1.165, 1.54) is 49.1 Å². The van der Waals surface area contributed by atoms with Gasteiger partial charge in [0.25, 0.3) is 5.92 Å². The summed E-state index contributed by atoms with van der Waals surface area (Å²) in [7, 11) is 0. The molecule has 2 nitrogen and oxygen atoms in total. The van der Waals surface area contributed by atoms with Gasteiger partial charge in [-0.15, -0.1) is 0 Å². The minimum absolute atomic E-state index is 0.00317. The van der Waals surface area contributed by atoms with Gasteiger partial charge >= 0.3 is 0 Å². The smallest absolute Gasteiger partial charge is 0.270 e. The maximum absolute atomic E-state index is 13.9. The van der Waals surface area contributed by atoms with E-state index in [1.54, 1.807) is 6.92 Å². The number of benzene rings is 1. The largest absolute Gasteiger partial charge is 0.377 e. The lowest BCUT2D eigenvalue weighted by Gasteiger charge is -2.28. The summed E-state index contributed by atoms with van der Waals surface area (Å²) in [6.45, 7) is 8.85. The Morgan fingerprint density at radius 2 is 1.93 bits per heavy atom. The highest BCUT2D eigenvalue weighted by molar-refractivity contribution is 5.63. The Morgan fingerprint density at radius 3 is 2.56 bits per heavy atom. The molecule has 0 radical (unpaired) electrons. The molecule has 27 heavy (non-hydrogen) atoms. The molecule has 0 bridgehead atoms. The van der Waals surface area contributed by atoms with Crippen LogP contribution >= 0.6 is 0 Å². The van der Waals surface area contributed by atoms with Gasteiger partial charge in [0.1, 0.15) is 0 Å². The molecule has 2 aromatic rings. The third kappa shape index (κ3) is 4.37. The van der Waals surface area contributed by atoms with Crippen molar-refractivity contribution in [3.8, 4) is 0 Å². The molecule has 144 valence electrons. The second-order valence-corrected chi connectivity index (χ2v) is 7.78. The second kappa shape index (κ2) is 7.79. The molecule has 1 atom stereocenters. The molecule has 1 unspecified atom stereocenters. The highest BCUT2D eigenvalue weighted by atomic mass is 19.3. The van der Waals surface area contributed by atoms with E-state index in [4.69, 9.17) is 0 Å². The number of hydrogen-bond acceptors (Lipinski definition) is 2. The van der Waals surface area contributed by atoms with Crippen LogP contribution in [-0.4, -0.2) is 4.98 Å². The minimum Gasteiger partial charge on any atom is -0.377 e. The van der Waals surface area contributed by atoms with Crippen molar-refractivity contribution in [2.24, 2.45) is 5.92 Å². The summed E-state index contributed by atoms with van der Waals surface area (Å²) in [5.74, 6) is -2.39. The van der Waals surface area contributed by atoms with Crippen LogP contribution in [0.1, 0.15) is 66.6 Å². The molecule has 1 aromatic heterocycles. The lowest BCUT2D eigenvalue weighted by molar-refractivity contribution is 0.0167. The Hall–Kier alpha value is -2.23. The first-order chi connectivity index (χ1) is 12.8. The summed E-state index contributed by atoms with van der Waals surface area (Å²) >= 11 is 0. The van der Waals surface area contributed by atoms with E-state index < -0.39 is 5.92 Å². The van der Waals surface area contributed by atoms with E-state index in [1.807, 2.05) is 0 Å². The van der Waals surface area contributed by atoms with Crippen molar-refractivity contribution >= 4 is 5.70 Å². The zero-order chi connectivity index (χ0) is 19.6. The number of aromatic nitrogens is 1. The molecule has 0 spiro atoms. The lowest BCUT2D eigenvalue weighted by atomic mass is 9.90. The standard InChI is InChI=1S/C23H28F2N2/c1-15-8-7-11-19(14-15)22(18-9-5-6-10-18)27-17(3)21-16(2)20(12-13-26-21)23(4,24)25/h7-8,11-14,18,22,27H,3,5-6,9-10H2,1-2,4H3. The highest BCUT2D eigenvalue weighted by Crippen LogP contribution is 2.38. The first kappa shape index (κ1) is 19.5. The normalized spacial score (nSPS) is 16.3. The number of pyridine rings is 1. The first-order valence-corrected chi connectivity index (χ1v) is 9.63. The van der Waals surface area contributed by atoms with Crippen LogP contribution in [0.2, 0.25) is 0 Å². The van der Waals surface area contributed by atoms with Crippen molar-refractivity contribution in [3.05, 3.63) is 71.1 Å². The fourth-order valence-electron chi connectivity index (χ4n) is 4.20. The fourth-order valence-corrected chi connectivity index (χ4v) is 4.20. The third-order valence-electron chi connectivity index (χ3n) is 5.57. The van der Waals surface area contributed by atoms with Gasteiger partial charge in [-0.25, -0.2) is 8.78 Å². The van der Waals surface area contributed by atoms with Crippen LogP contribution < -0.4 is 5.32 Å². The molecule has 0 saturated heterocycles. The molecular weight excluding hydrogens is 342 g/mol. The van der Waals surface area contributed by atoms with E-state index in [9.17, 15) is 8.78 Å². The van der Waals surface area contributed by atoms with Crippen LogP contribution in [0.15, 0.2) is 43.1 Å². The number of nitrogens with one attached hydrogen (secondary N) is 1. The van der Waals surface area contributed by atoms with Gasteiger partial charge in [0.2, 0.25) is 0 Å². The lowest BCUT2D eigenvalue weighted by Crippen LogP contribution is -2.27. The summed E-state index contributed by atoms with van der Waals surface area (Å²) < 4.78 is 27.8. The van der Waals surface area contributed by atoms with Gasteiger partial charge in [-0.1, -0.05) is 49.2 Å². The molecular formula is C23H28F2N2. The van der Waals surface area contributed by atoms with Crippen LogP contribution in [0.5, 0.6) is 0 Å². The summed E-state index contributed by atoms with van der Waals surface area (Å²) in [4.78, 5) is 4.35. The molecule has 0 aliphatic heterocycles. The van der Waals surface area contributed by atoms with E-state index >= 15 is 0 Å². The van der Waals surface area contributed by atoms with Gasteiger partial charge < -0.3 is 5.32 Å². The van der Waals surface area contributed by atoms with Gasteiger partial charge in [-0.05, 0) is 49.8 Å². The maximum atomic E-state index is 13.9. The SMILES string of the molecule is C=C(NC(c1cccc(C)c1)C1CCCC1)c1nccc(C(C)(F)F)c1C. The Morgan fingerprint density at radius 1 is 1.22 bits per heavy atom. The number of nitrogens with zero attached hydrogens (tertiary/aromatic N) is 1. The highest BCUT2D eigenvalue weighted by Gasteiger charge is 2.30. The molecule has 1 aliphatic carbocycles. The monoisotopic (exact) mass is 370 g/mol. The Labute approximate surface area is 160 Å². The van der Waals surface area contributed by atoms with Gasteiger partial charge in [0.05, 0.1) is 17.4 Å². The summed E-state index contributed by atoms with van der Waals surface area (Å²) in [5.41, 5.74) is 4.05. The third-order valence-corrected chi connectivity index (χ3v) is 5.57. The fraction of sp³-hybridized carbons (Fsp3) is 0.435. The molecule has 1 N–H and O–H groups in total. The molecule has 1 heterocycles. The molecule has 1 fully saturated rings. The molecule has 1 aliphatic rings. The maximum Gasteiger partial charge on any atom is 0.270 e. The van der Waals surface area contributed by atoms with Crippen LogP contribution in [0.3, 0.4) is 0 Å². The zero-order valence-corrected chi connectivity index (χ0v) is 16.4. The van der Waals surface area contributed by atoms with E-state index in [2.05, 4.69) is 48.1 Å². The number of hydrogen-bond donors (Lipinski definition) is 1. The van der Waals surface area contributed by atoms with E-state index in [0.717, 1.165) is 6.92 Å². The Balaban J connectivity index is 1.91. The second-order valence-electron chi connectivity index (χ2n) is 7.78. The van der Waals surface area contributed by atoms with Crippen molar-refractivity contribution in [2.45, 2.75) is 58.4 Å². The number of halogens is 2. The summed E-state index contributed by atoms with van der Waals surface area (Å²) in [5, 5.41) is 3.54. The Bertz CT molecular complexity index is 817. The van der Waals surface area contributed by atoms with Crippen LogP contribution in [-0.2, 0) is 5.92 Å².